The minimum atomic E-state index is 0.681. The van der Waals surface area contributed by atoms with Crippen LogP contribution in [-0.4, -0.2) is 44.2 Å². The molecular formula is C18H28N4. The maximum atomic E-state index is 5.37. The summed E-state index contributed by atoms with van der Waals surface area (Å²) in [4.78, 5) is 2.17. The second kappa shape index (κ2) is 11.9. The predicted molar refractivity (Wildman–Crippen MR) is 95.5 cm³/mol. The highest BCUT2D eigenvalue weighted by Crippen LogP contribution is 2.17. The Morgan fingerprint density at radius 2 is 0.864 bits per heavy atom. The molecule has 4 heteroatoms. The van der Waals surface area contributed by atoms with E-state index in [1.54, 1.807) is 0 Å². The van der Waals surface area contributed by atoms with Crippen LogP contribution in [0.2, 0.25) is 0 Å². The Morgan fingerprint density at radius 3 is 1.14 bits per heavy atom. The second-order valence-electron chi connectivity index (χ2n) is 4.94. The first-order valence-corrected chi connectivity index (χ1v) is 7.74. The lowest BCUT2D eigenvalue weighted by Gasteiger charge is -2.18. The van der Waals surface area contributed by atoms with Crippen molar-refractivity contribution in [2.24, 2.45) is 17.2 Å². The summed E-state index contributed by atoms with van der Waals surface area (Å²) in [5.74, 6) is 0. The van der Waals surface area contributed by atoms with Gasteiger partial charge in [-0.15, -0.1) is 0 Å². The molecule has 4 nitrogen and oxygen atoms in total. The molecule has 2 aromatic carbocycles. The molecule has 0 unspecified atom stereocenters. The van der Waals surface area contributed by atoms with E-state index in [4.69, 9.17) is 17.2 Å². The number of hydrogen-bond acceptors (Lipinski definition) is 4. The molecule has 6 N–H and O–H groups in total. The Bertz CT molecular complexity index is 421. The van der Waals surface area contributed by atoms with E-state index in [9.17, 15) is 0 Å². The normalized spacial score (nSPS) is 10.2. The molecule has 0 bridgehead atoms. The van der Waals surface area contributed by atoms with E-state index in [0.717, 1.165) is 19.6 Å². The van der Waals surface area contributed by atoms with Crippen LogP contribution in [0.5, 0.6) is 0 Å². The molecule has 0 aliphatic heterocycles. The van der Waals surface area contributed by atoms with Crippen molar-refractivity contribution >= 4 is 0 Å². The van der Waals surface area contributed by atoms with E-state index < -0.39 is 0 Å². The second-order valence-corrected chi connectivity index (χ2v) is 4.94. The van der Waals surface area contributed by atoms with Gasteiger partial charge < -0.3 is 17.2 Å². The van der Waals surface area contributed by atoms with E-state index in [1.807, 2.05) is 12.1 Å². The minimum Gasteiger partial charge on any atom is -0.329 e. The van der Waals surface area contributed by atoms with Crippen molar-refractivity contribution in [1.29, 1.82) is 0 Å². The summed E-state index contributed by atoms with van der Waals surface area (Å²) < 4.78 is 0. The summed E-state index contributed by atoms with van der Waals surface area (Å²) in [6.45, 7) is 4.73. The van der Waals surface area contributed by atoms with Gasteiger partial charge in [-0.25, -0.2) is 0 Å². The van der Waals surface area contributed by atoms with Gasteiger partial charge in [0, 0.05) is 39.3 Å². The minimum absolute atomic E-state index is 0.681. The van der Waals surface area contributed by atoms with Crippen molar-refractivity contribution in [3.05, 3.63) is 60.7 Å². The summed E-state index contributed by atoms with van der Waals surface area (Å²) in [5, 5.41) is 0. The average molecular weight is 300 g/mol. The van der Waals surface area contributed by atoms with Crippen LogP contribution in [0.3, 0.4) is 0 Å². The van der Waals surface area contributed by atoms with E-state index in [2.05, 4.69) is 53.4 Å². The van der Waals surface area contributed by atoms with Gasteiger partial charge in [0.05, 0.1) is 0 Å². The molecule has 0 aromatic heterocycles. The van der Waals surface area contributed by atoms with Crippen LogP contribution in [0, 0.1) is 0 Å². The first-order chi connectivity index (χ1) is 10.8. The fourth-order valence-corrected chi connectivity index (χ4v) is 2.14. The van der Waals surface area contributed by atoms with Crippen molar-refractivity contribution in [3.63, 3.8) is 0 Å². The summed E-state index contributed by atoms with van der Waals surface area (Å²) in [7, 11) is 0. The number of nitrogens with two attached hydrogens (primary N) is 3. The zero-order valence-electron chi connectivity index (χ0n) is 13.2. The Labute approximate surface area is 133 Å². The SMILES string of the molecule is NCCN(CCN)CCN.c1ccc(-c2ccccc2)cc1. The highest BCUT2D eigenvalue weighted by molar-refractivity contribution is 5.62. The molecule has 120 valence electrons. The molecule has 22 heavy (non-hydrogen) atoms. The largest absolute Gasteiger partial charge is 0.329 e. The zero-order chi connectivity index (χ0) is 16.0. The van der Waals surface area contributed by atoms with Crippen molar-refractivity contribution in [3.8, 4) is 11.1 Å². The third-order valence-electron chi connectivity index (χ3n) is 3.22. The first kappa shape index (κ1) is 18.3. The standard InChI is InChI=1S/C12H10.C6H18N4/c1-3-7-11(8-4-1)12-9-5-2-6-10-12;7-1-4-10(5-2-8)6-3-9/h1-10H;1-9H2. The van der Waals surface area contributed by atoms with Crippen LogP contribution >= 0.6 is 0 Å². The third kappa shape index (κ3) is 7.33. The van der Waals surface area contributed by atoms with Gasteiger partial charge in [-0.1, -0.05) is 60.7 Å². The quantitative estimate of drug-likeness (QED) is 0.724. The van der Waals surface area contributed by atoms with Gasteiger partial charge in [-0.05, 0) is 11.1 Å². The topological polar surface area (TPSA) is 81.3 Å². The van der Waals surface area contributed by atoms with E-state index >= 15 is 0 Å². The Balaban J connectivity index is 0.000000225. The smallest absolute Gasteiger partial charge is 0.0106 e. The van der Waals surface area contributed by atoms with Gasteiger partial charge >= 0.3 is 0 Å². The molecule has 0 atom stereocenters. The third-order valence-corrected chi connectivity index (χ3v) is 3.22. The molecule has 0 heterocycles. The fraction of sp³-hybridized carbons (Fsp3) is 0.333. The lowest BCUT2D eigenvalue weighted by molar-refractivity contribution is 0.297. The van der Waals surface area contributed by atoms with Crippen LogP contribution in [0.15, 0.2) is 60.7 Å². The predicted octanol–water partition coefficient (Wildman–Crippen LogP) is 1.52. The van der Waals surface area contributed by atoms with Crippen molar-refractivity contribution in [1.82, 2.24) is 4.90 Å². The number of rotatable bonds is 7. The lowest BCUT2D eigenvalue weighted by Crippen LogP contribution is -2.37. The molecule has 0 amide bonds. The van der Waals surface area contributed by atoms with Gasteiger partial charge in [0.2, 0.25) is 0 Å². The molecule has 0 fully saturated rings. The molecule has 0 radical (unpaired) electrons. The molecule has 0 aliphatic rings. The number of benzene rings is 2. The molecule has 0 spiro atoms. The summed E-state index contributed by atoms with van der Waals surface area (Å²) in [5.41, 5.74) is 18.7. The first-order valence-electron chi connectivity index (χ1n) is 7.74. The van der Waals surface area contributed by atoms with Crippen molar-refractivity contribution < 1.29 is 0 Å². The fourth-order valence-electron chi connectivity index (χ4n) is 2.14. The van der Waals surface area contributed by atoms with E-state index in [0.29, 0.717) is 19.6 Å². The molecule has 2 aromatic rings. The zero-order valence-corrected chi connectivity index (χ0v) is 13.2. The maximum absolute atomic E-state index is 5.37. The van der Waals surface area contributed by atoms with E-state index in [1.165, 1.54) is 11.1 Å². The van der Waals surface area contributed by atoms with E-state index in [-0.39, 0.29) is 0 Å². The molecule has 0 saturated heterocycles. The van der Waals surface area contributed by atoms with Crippen LogP contribution in [0.1, 0.15) is 0 Å². The van der Waals surface area contributed by atoms with Gasteiger partial charge in [0.1, 0.15) is 0 Å². The Kier molecular flexibility index (Phi) is 9.90. The Morgan fingerprint density at radius 1 is 0.545 bits per heavy atom. The maximum Gasteiger partial charge on any atom is 0.0106 e. The summed E-state index contributed by atoms with van der Waals surface area (Å²) in [6.07, 6.45) is 0. The van der Waals surface area contributed by atoms with Crippen LogP contribution < -0.4 is 17.2 Å². The summed E-state index contributed by atoms with van der Waals surface area (Å²) >= 11 is 0. The molecule has 0 saturated carbocycles. The average Bonchev–Trinajstić information content (AvgIpc) is 2.58. The van der Waals surface area contributed by atoms with Gasteiger partial charge in [-0.3, -0.25) is 4.90 Å². The van der Waals surface area contributed by atoms with Gasteiger partial charge in [-0.2, -0.15) is 0 Å². The van der Waals surface area contributed by atoms with Crippen LogP contribution in [0.25, 0.3) is 11.1 Å². The van der Waals surface area contributed by atoms with Crippen molar-refractivity contribution in [2.45, 2.75) is 0 Å². The Hall–Kier alpha value is -1.72. The molecular weight excluding hydrogens is 272 g/mol. The summed E-state index contributed by atoms with van der Waals surface area (Å²) in [6, 6.07) is 20.8. The highest BCUT2D eigenvalue weighted by Gasteiger charge is 1.98. The molecule has 2 rings (SSSR count). The lowest BCUT2D eigenvalue weighted by atomic mass is 10.1. The highest BCUT2D eigenvalue weighted by atomic mass is 15.1. The number of nitrogens with zero attached hydrogens (tertiary/aromatic N) is 1. The molecule has 0 aliphatic carbocycles. The van der Waals surface area contributed by atoms with Crippen molar-refractivity contribution in [2.75, 3.05) is 39.3 Å². The van der Waals surface area contributed by atoms with Gasteiger partial charge in [0.25, 0.3) is 0 Å². The van der Waals surface area contributed by atoms with Gasteiger partial charge in [0.15, 0.2) is 0 Å². The van der Waals surface area contributed by atoms with Crippen LogP contribution in [0.4, 0.5) is 0 Å². The number of hydrogen-bond donors (Lipinski definition) is 3. The monoisotopic (exact) mass is 300 g/mol. The van der Waals surface area contributed by atoms with Crippen LogP contribution in [-0.2, 0) is 0 Å².